The minimum Gasteiger partial charge on any atom is -0.462 e. The summed E-state index contributed by atoms with van der Waals surface area (Å²) in [6.45, 7) is 11.4. The van der Waals surface area contributed by atoms with E-state index in [4.69, 9.17) is 14.2 Å². The Bertz CT molecular complexity index is 931. The second-order valence-corrected chi connectivity index (χ2v) is 19.8. The molecule has 0 saturated heterocycles. The predicted molar refractivity (Wildman–Crippen MR) is 261 cm³/mol. The quantitative estimate of drug-likeness (QED) is 0.0344. The van der Waals surface area contributed by atoms with Gasteiger partial charge in [0.05, 0.1) is 0 Å². The summed E-state index contributed by atoms with van der Waals surface area (Å²) in [5, 5.41) is 0. The maximum Gasteiger partial charge on any atom is 0.306 e. The molecule has 61 heavy (non-hydrogen) atoms. The zero-order valence-corrected chi connectivity index (χ0v) is 41.8. The number of esters is 3. The van der Waals surface area contributed by atoms with E-state index >= 15 is 0 Å². The normalized spacial score (nSPS) is 12.0. The van der Waals surface area contributed by atoms with Crippen molar-refractivity contribution >= 4 is 17.9 Å². The van der Waals surface area contributed by atoms with E-state index < -0.39 is 6.10 Å². The molecule has 0 heterocycles. The van der Waals surface area contributed by atoms with Gasteiger partial charge in [0.1, 0.15) is 13.2 Å². The van der Waals surface area contributed by atoms with Crippen molar-refractivity contribution in [2.24, 2.45) is 11.8 Å². The van der Waals surface area contributed by atoms with Gasteiger partial charge in [-0.05, 0) is 31.1 Å². The topological polar surface area (TPSA) is 78.9 Å². The number of hydrogen-bond acceptors (Lipinski definition) is 6. The lowest BCUT2D eigenvalue weighted by Crippen LogP contribution is -2.30. The van der Waals surface area contributed by atoms with Gasteiger partial charge in [-0.25, -0.2) is 0 Å². The molecule has 0 aromatic carbocycles. The van der Waals surface area contributed by atoms with Crippen LogP contribution in [0.4, 0.5) is 0 Å². The number of ether oxygens (including phenoxy) is 3. The Kier molecular flexibility index (Phi) is 46.6. The van der Waals surface area contributed by atoms with Crippen LogP contribution in [-0.4, -0.2) is 37.2 Å². The van der Waals surface area contributed by atoms with Gasteiger partial charge < -0.3 is 14.2 Å². The monoisotopic (exact) mass is 863 g/mol. The molecule has 0 aliphatic heterocycles. The Hall–Kier alpha value is -1.59. The summed E-state index contributed by atoms with van der Waals surface area (Å²) >= 11 is 0. The lowest BCUT2D eigenvalue weighted by Gasteiger charge is -2.18. The van der Waals surface area contributed by atoms with Crippen LogP contribution in [0.2, 0.25) is 0 Å². The van der Waals surface area contributed by atoms with Gasteiger partial charge >= 0.3 is 17.9 Å². The minimum absolute atomic E-state index is 0.0639. The van der Waals surface area contributed by atoms with Crippen LogP contribution < -0.4 is 0 Å². The van der Waals surface area contributed by atoms with Gasteiger partial charge in [-0.3, -0.25) is 14.4 Å². The fraction of sp³-hybridized carbons (Fsp3) is 0.945. The second-order valence-electron chi connectivity index (χ2n) is 19.8. The Labute approximate surface area is 380 Å². The first-order valence-corrected chi connectivity index (χ1v) is 27.2. The second kappa shape index (κ2) is 47.9. The average molecular weight is 863 g/mol. The lowest BCUT2D eigenvalue weighted by atomic mass is 10.0. The first-order valence-electron chi connectivity index (χ1n) is 27.2. The van der Waals surface area contributed by atoms with Crippen molar-refractivity contribution in [1.82, 2.24) is 0 Å². The van der Waals surface area contributed by atoms with E-state index in [1.165, 1.54) is 193 Å². The van der Waals surface area contributed by atoms with Crippen LogP contribution in [-0.2, 0) is 28.6 Å². The standard InChI is InChI=1S/C55H106O6/c1-6-7-8-9-10-11-12-13-14-15-16-17-18-19-26-32-37-42-47-55(58)61-52(49-60-54(57)46-41-36-31-27-22-24-29-34-39-44-51(4)5)48-59-53(56)45-40-35-30-25-21-20-23-28-33-38-43-50(2)3/h50-52H,6-49H2,1-5H3/t52-/m0/s1. The molecular weight excluding hydrogens is 757 g/mol. The van der Waals surface area contributed by atoms with Crippen LogP contribution in [0.3, 0.4) is 0 Å². The SMILES string of the molecule is CCCCCCCCCCCCCCCCCCCCC(=O)O[C@@H](COC(=O)CCCCCCCCCCCCC(C)C)COC(=O)CCCCCCCCCCCC(C)C. The molecule has 0 fully saturated rings. The van der Waals surface area contributed by atoms with Gasteiger partial charge in [-0.1, -0.05) is 266 Å². The number of unbranched alkanes of at least 4 members (excludes halogenated alkanes) is 34. The van der Waals surface area contributed by atoms with E-state index in [1.54, 1.807) is 0 Å². The van der Waals surface area contributed by atoms with Crippen molar-refractivity contribution < 1.29 is 28.6 Å². The summed E-state index contributed by atoms with van der Waals surface area (Å²) in [5.74, 6) is 0.781. The molecule has 6 nitrogen and oxygen atoms in total. The molecule has 0 aromatic rings. The first kappa shape index (κ1) is 59.4. The molecule has 0 spiro atoms. The van der Waals surface area contributed by atoms with Crippen LogP contribution in [0.1, 0.15) is 304 Å². The minimum atomic E-state index is -0.762. The molecule has 0 N–H and O–H groups in total. The Morgan fingerprint density at radius 3 is 0.803 bits per heavy atom. The van der Waals surface area contributed by atoms with Crippen LogP contribution >= 0.6 is 0 Å². The Balaban J connectivity index is 4.29. The van der Waals surface area contributed by atoms with Gasteiger partial charge in [0, 0.05) is 19.3 Å². The molecule has 0 saturated carbocycles. The number of carbonyl (C=O) groups excluding carboxylic acids is 3. The fourth-order valence-electron chi connectivity index (χ4n) is 8.34. The van der Waals surface area contributed by atoms with Gasteiger partial charge in [0.15, 0.2) is 6.10 Å². The molecule has 0 radical (unpaired) electrons. The highest BCUT2D eigenvalue weighted by Crippen LogP contribution is 2.18. The largest absolute Gasteiger partial charge is 0.462 e. The van der Waals surface area contributed by atoms with E-state index in [9.17, 15) is 14.4 Å². The first-order chi connectivity index (χ1) is 29.7. The molecule has 6 heteroatoms. The third kappa shape index (κ3) is 49.3. The number of carbonyl (C=O) groups is 3. The molecule has 0 bridgehead atoms. The van der Waals surface area contributed by atoms with Crippen molar-refractivity contribution in [3.8, 4) is 0 Å². The van der Waals surface area contributed by atoms with Crippen molar-refractivity contribution in [2.75, 3.05) is 13.2 Å². The molecule has 0 aliphatic rings. The highest BCUT2D eigenvalue weighted by atomic mass is 16.6. The van der Waals surface area contributed by atoms with E-state index in [0.29, 0.717) is 19.3 Å². The predicted octanol–water partition coefficient (Wildman–Crippen LogP) is 17.7. The smallest absolute Gasteiger partial charge is 0.306 e. The molecule has 362 valence electrons. The van der Waals surface area contributed by atoms with Gasteiger partial charge in [0.2, 0.25) is 0 Å². The van der Waals surface area contributed by atoms with Crippen molar-refractivity contribution in [1.29, 1.82) is 0 Å². The highest BCUT2D eigenvalue weighted by molar-refractivity contribution is 5.71. The zero-order chi connectivity index (χ0) is 44.7. The molecule has 1 atom stereocenters. The van der Waals surface area contributed by atoms with E-state index in [-0.39, 0.29) is 31.1 Å². The lowest BCUT2D eigenvalue weighted by molar-refractivity contribution is -0.167. The van der Waals surface area contributed by atoms with Gasteiger partial charge in [-0.15, -0.1) is 0 Å². The molecule has 0 aliphatic carbocycles. The molecule has 0 rings (SSSR count). The highest BCUT2D eigenvalue weighted by Gasteiger charge is 2.19. The van der Waals surface area contributed by atoms with Gasteiger partial charge in [-0.2, -0.15) is 0 Å². The van der Waals surface area contributed by atoms with Crippen molar-refractivity contribution in [3.05, 3.63) is 0 Å². The fourth-order valence-corrected chi connectivity index (χ4v) is 8.34. The van der Waals surface area contributed by atoms with E-state index in [1.807, 2.05) is 0 Å². The van der Waals surface area contributed by atoms with Crippen LogP contribution in [0.5, 0.6) is 0 Å². The van der Waals surface area contributed by atoms with Crippen LogP contribution in [0, 0.1) is 11.8 Å². The maximum absolute atomic E-state index is 12.8. The summed E-state index contributed by atoms with van der Waals surface area (Å²) < 4.78 is 16.8. The molecule has 0 amide bonds. The summed E-state index contributed by atoms with van der Waals surface area (Å²) in [7, 11) is 0. The van der Waals surface area contributed by atoms with Crippen molar-refractivity contribution in [2.45, 2.75) is 310 Å². The molecular formula is C55H106O6. The van der Waals surface area contributed by atoms with Gasteiger partial charge in [0.25, 0.3) is 0 Å². The maximum atomic E-state index is 12.8. The molecule has 0 unspecified atom stereocenters. The Morgan fingerprint density at radius 1 is 0.311 bits per heavy atom. The average Bonchev–Trinajstić information content (AvgIpc) is 3.23. The molecule has 0 aromatic heterocycles. The summed E-state index contributed by atoms with van der Waals surface area (Å²) in [6, 6.07) is 0. The summed E-state index contributed by atoms with van der Waals surface area (Å²) in [5.41, 5.74) is 0. The van der Waals surface area contributed by atoms with Crippen molar-refractivity contribution in [3.63, 3.8) is 0 Å². The number of rotatable bonds is 49. The van der Waals surface area contributed by atoms with Crippen LogP contribution in [0.25, 0.3) is 0 Å². The van der Waals surface area contributed by atoms with Crippen LogP contribution in [0.15, 0.2) is 0 Å². The third-order valence-electron chi connectivity index (χ3n) is 12.5. The summed E-state index contributed by atoms with van der Waals surface area (Å²) in [6.07, 6.45) is 49.5. The zero-order valence-electron chi connectivity index (χ0n) is 41.8. The third-order valence-corrected chi connectivity index (χ3v) is 12.5. The van der Waals surface area contributed by atoms with E-state index in [0.717, 1.165) is 69.6 Å². The Morgan fingerprint density at radius 2 is 0.541 bits per heavy atom. The number of hydrogen-bond donors (Lipinski definition) is 0. The van der Waals surface area contributed by atoms with E-state index in [2.05, 4.69) is 34.6 Å². The summed E-state index contributed by atoms with van der Waals surface area (Å²) in [4.78, 5) is 38.0.